The molecule has 2 unspecified atom stereocenters. The highest BCUT2D eigenvalue weighted by atomic mass is 16.5. The molecule has 13 nitrogen and oxygen atoms in total. The number of nitrogens with one attached hydrogen (secondary N) is 1. The summed E-state index contributed by atoms with van der Waals surface area (Å²) in [6, 6.07) is 16.3. The zero-order chi connectivity index (χ0) is 38.4. The number of hydrogen-bond donors (Lipinski definition) is 6. The Bertz CT molecular complexity index is 2060. The maximum atomic E-state index is 14.2. The predicted molar refractivity (Wildman–Crippen MR) is 194 cm³/mol. The molecule has 1 fully saturated rings. The molecule has 278 valence electrons. The second-order valence-electron chi connectivity index (χ2n) is 13.9. The first-order valence-corrected chi connectivity index (χ1v) is 17.3. The largest absolute Gasteiger partial charge is 0.508 e. The lowest BCUT2D eigenvalue weighted by molar-refractivity contribution is -0.153. The summed E-state index contributed by atoms with van der Waals surface area (Å²) in [5, 5.41) is 49.2. The Hall–Kier alpha value is -5.50. The normalized spacial score (nSPS) is 22.9. The van der Waals surface area contributed by atoms with Gasteiger partial charge in [0.25, 0.3) is 5.91 Å². The van der Waals surface area contributed by atoms with Crippen molar-refractivity contribution in [3.8, 4) is 22.6 Å². The molecule has 0 aliphatic heterocycles. The van der Waals surface area contributed by atoms with Gasteiger partial charge in [0.1, 0.15) is 34.6 Å². The molecule has 1 amide bonds. The number of hydrogen-bond acceptors (Lipinski definition) is 12. The summed E-state index contributed by atoms with van der Waals surface area (Å²) >= 11 is 0. The number of Topliss-reactive ketones (excluding diaryl/α,β-unsaturated/α-hetero) is 2. The number of phenolic OH excluding ortho intramolecular Hbond substituents is 1. The Morgan fingerprint density at radius 1 is 1.02 bits per heavy atom. The standard InChI is InChI=1S/C40H43N3O10/c1-5-53-39(50)27(16-20-9-7-6-8-10-20)42-19-21-11-14-29(52-4)24(15-21)23-12-13-28(44)31-25(23)17-22-18-26-33(43(2)3)35(46)32(38(41)49)37(48)40(26,51)36(47)30(22)34(31)45/h6-15,22,26-27,33,42,44-45,48,51H,5,16-19H2,1-4H3,(H2,41,49)/t22-,26-,27?,33?,40-/m1/s1. The van der Waals surface area contributed by atoms with E-state index in [1.807, 2.05) is 42.5 Å². The van der Waals surface area contributed by atoms with Crippen LogP contribution in [0.5, 0.6) is 11.5 Å². The van der Waals surface area contributed by atoms with Crippen LogP contribution in [0.3, 0.4) is 0 Å². The number of nitrogens with zero attached hydrogens (tertiary/aromatic N) is 1. The number of aliphatic hydroxyl groups is 3. The van der Waals surface area contributed by atoms with Gasteiger partial charge in [-0.25, -0.2) is 0 Å². The monoisotopic (exact) mass is 725 g/mol. The lowest BCUT2D eigenvalue weighted by Crippen LogP contribution is -2.65. The SMILES string of the molecule is CCOC(=O)C(Cc1ccccc1)NCc1ccc(OC)c(-c2ccc(O)c3c2C[C@@H]2C[C@@H]4C(N(C)C)C(=O)C(C(N)=O)=C(O)[C@]4(O)C(=O)C2=C3O)c1. The minimum absolute atomic E-state index is 0.0328. The summed E-state index contributed by atoms with van der Waals surface area (Å²) in [5.41, 5.74) is 5.00. The van der Waals surface area contributed by atoms with E-state index in [2.05, 4.69) is 5.32 Å². The number of primary amides is 1. The number of amides is 1. The van der Waals surface area contributed by atoms with Crippen molar-refractivity contribution in [2.24, 2.45) is 17.6 Å². The molecule has 5 atom stereocenters. The molecule has 0 aromatic heterocycles. The van der Waals surface area contributed by atoms with Crippen LogP contribution >= 0.6 is 0 Å². The second kappa shape index (κ2) is 14.5. The summed E-state index contributed by atoms with van der Waals surface area (Å²) in [4.78, 5) is 54.4. The van der Waals surface area contributed by atoms with Gasteiger partial charge >= 0.3 is 5.97 Å². The molecular formula is C40H43N3O10. The van der Waals surface area contributed by atoms with Crippen molar-refractivity contribution in [1.29, 1.82) is 0 Å². The average Bonchev–Trinajstić information content (AvgIpc) is 3.12. The zero-order valence-electron chi connectivity index (χ0n) is 29.9. The van der Waals surface area contributed by atoms with Crippen LogP contribution in [0.2, 0.25) is 0 Å². The van der Waals surface area contributed by atoms with Crippen molar-refractivity contribution in [3.05, 3.63) is 99.8 Å². The molecule has 0 bridgehead atoms. The fraction of sp³-hybridized carbons (Fsp3) is 0.350. The molecule has 3 aromatic rings. The van der Waals surface area contributed by atoms with Gasteiger partial charge in [-0.3, -0.25) is 24.1 Å². The Balaban J connectivity index is 1.41. The maximum absolute atomic E-state index is 14.2. The maximum Gasteiger partial charge on any atom is 0.323 e. The molecule has 3 aliphatic carbocycles. The van der Waals surface area contributed by atoms with Gasteiger partial charge in [-0.2, -0.15) is 0 Å². The molecule has 3 aromatic carbocycles. The third-order valence-corrected chi connectivity index (χ3v) is 10.6. The molecule has 0 heterocycles. The van der Waals surface area contributed by atoms with Crippen molar-refractivity contribution in [2.45, 2.75) is 50.4 Å². The number of likely N-dealkylation sites (N-methyl/N-ethyl adjacent to an activating group) is 1. The van der Waals surface area contributed by atoms with Gasteiger partial charge in [0.05, 0.1) is 25.3 Å². The molecule has 0 spiro atoms. The van der Waals surface area contributed by atoms with Crippen LogP contribution in [-0.4, -0.2) is 94.3 Å². The highest BCUT2D eigenvalue weighted by Gasteiger charge is 2.64. The second-order valence-corrected chi connectivity index (χ2v) is 13.9. The van der Waals surface area contributed by atoms with Gasteiger partial charge in [0, 0.05) is 23.6 Å². The Kier molecular flexibility index (Phi) is 10.2. The van der Waals surface area contributed by atoms with E-state index in [4.69, 9.17) is 15.2 Å². The number of methoxy groups -OCH3 is 1. The summed E-state index contributed by atoms with van der Waals surface area (Å²) < 4.78 is 11.1. The van der Waals surface area contributed by atoms with Crippen LogP contribution in [0, 0.1) is 11.8 Å². The summed E-state index contributed by atoms with van der Waals surface area (Å²) in [6.45, 7) is 2.27. The van der Waals surface area contributed by atoms with Crippen LogP contribution in [0.25, 0.3) is 16.9 Å². The summed E-state index contributed by atoms with van der Waals surface area (Å²) in [5.74, 6) is -7.11. The van der Waals surface area contributed by atoms with Crippen molar-refractivity contribution in [2.75, 3.05) is 27.8 Å². The van der Waals surface area contributed by atoms with Crippen molar-refractivity contribution in [1.82, 2.24) is 10.2 Å². The number of phenols is 1. The smallest absolute Gasteiger partial charge is 0.323 e. The molecule has 7 N–H and O–H groups in total. The Morgan fingerprint density at radius 2 is 1.74 bits per heavy atom. The van der Waals surface area contributed by atoms with E-state index >= 15 is 0 Å². The first-order chi connectivity index (χ1) is 25.2. The highest BCUT2D eigenvalue weighted by molar-refractivity contribution is 6.24. The van der Waals surface area contributed by atoms with Gasteiger partial charge < -0.3 is 41.0 Å². The summed E-state index contributed by atoms with van der Waals surface area (Å²) in [7, 11) is 4.61. The topological polar surface area (TPSA) is 209 Å². The van der Waals surface area contributed by atoms with Gasteiger partial charge in [-0.05, 0) is 86.7 Å². The van der Waals surface area contributed by atoms with Crippen LogP contribution < -0.4 is 15.8 Å². The quantitative estimate of drug-likeness (QED) is 0.125. The first kappa shape index (κ1) is 37.3. The van der Waals surface area contributed by atoms with Crippen molar-refractivity contribution >= 4 is 29.2 Å². The minimum atomic E-state index is -2.73. The third-order valence-electron chi connectivity index (χ3n) is 10.6. The van der Waals surface area contributed by atoms with Crippen LogP contribution in [0.4, 0.5) is 0 Å². The average molecular weight is 726 g/mol. The number of aromatic hydroxyl groups is 1. The number of rotatable bonds is 11. The highest BCUT2D eigenvalue weighted by Crippen LogP contribution is 2.54. The van der Waals surface area contributed by atoms with E-state index in [0.717, 1.165) is 11.1 Å². The molecular weight excluding hydrogens is 682 g/mol. The number of nitrogens with two attached hydrogens (primary N) is 1. The number of ether oxygens (including phenoxy) is 2. The lowest BCUT2D eigenvalue weighted by Gasteiger charge is -2.50. The molecule has 53 heavy (non-hydrogen) atoms. The fourth-order valence-corrected chi connectivity index (χ4v) is 8.14. The van der Waals surface area contributed by atoms with E-state index in [1.54, 1.807) is 33.2 Å². The van der Waals surface area contributed by atoms with E-state index in [9.17, 15) is 39.6 Å². The summed E-state index contributed by atoms with van der Waals surface area (Å²) in [6.07, 6.45) is 0.473. The number of benzene rings is 3. The van der Waals surface area contributed by atoms with Crippen LogP contribution in [-0.2, 0) is 43.3 Å². The lowest BCUT2D eigenvalue weighted by atomic mass is 9.57. The molecule has 1 saturated carbocycles. The third kappa shape index (κ3) is 6.34. The van der Waals surface area contributed by atoms with Gasteiger partial charge in [0.15, 0.2) is 11.4 Å². The number of ketones is 2. The van der Waals surface area contributed by atoms with E-state index < -0.39 is 64.1 Å². The number of carbonyl (C=O) groups is 4. The number of aliphatic hydroxyl groups excluding tert-OH is 2. The van der Waals surface area contributed by atoms with Gasteiger partial charge in [-0.15, -0.1) is 0 Å². The predicted octanol–water partition coefficient (Wildman–Crippen LogP) is 2.90. The molecule has 0 radical (unpaired) electrons. The fourth-order valence-electron chi connectivity index (χ4n) is 8.14. The molecule has 3 aliphatic rings. The number of carbonyl (C=O) groups excluding carboxylic acids is 4. The van der Waals surface area contributed by atoms with Crippen molar-refractivity contribution in [3.63, 3.8) is 0 Å². The van der Waals surface area contributed by atoms with Gasteiger partial charge in [0.2, 0.25) is 5.78 Å². The van der Waals surface area contributed by atoms with E-state index in [0.29, 0.717) is 28.9 Å². The Morgan fingerprint density at radius 3 is 2.38 bits per heavy atom. The van der Waals surface area contributed by atoms with E-state index in [1.165, 1.54) is 18.1 Å². The van der Waals surface area contributed by atoms with E-state index in [-0.39, 0.29) is 48.8 Å². The minimum Gasteiger partial charge on any atom is -0.508 e. The van der Waals surface area contributed by atoms with Crippen molar-refractivity contribution < 1.29 is 49.1 Å². The number of esters is 1. The van der Waals surface area contributed by atoms with Crippen LogP contribution in [0.1, 0.15) is 35.6 Å². The zero-order valence-corrected chi connectivity index (χ0v) is 29.9. The number of fused-ring (bicyclic) bond motifs is 3. The van der Waals surface area contributed by atoms with Gasteiger partial charge in [-0.1, -0.05) is 42.5 Å². The van der Waals surface area contributed by atoms with Crippen LogP contribution in [0.15, 0.2) is 77.6 Å². The molecule has 13 heteroatoms. The molecule has 6 rings (SSSR count). The first-order valence-electron chi connectivity index (χ1n) is 17.3. The Labute approximate surface area is 306 Å². The molecule has 0 saturated heterocycles.